The number of benzene rings is 1. The van der Waals surface area contributed by atoms with Crippen LogP contribution >= 0.6 is 0 Å². The van der Waals surface area contributed by atoms with Crippen LogP contribution < -0.4 is 10.2 Å². The summed E-state index contributed by atoms with van der Waals surface area (Å²) in [5.41, 5.74) is 2.92. The molecule has 2 N–H and O–H groups in total. The van der Waals surface area contributed by atoms with E-state index < -0.39 is 5.91 Å². The standard InChI is InChI=1S/C11H12N2O3/c1-13-9-4-3-8(16-2)5-7(9)6-10(13)11(14)12-15/h3-6,15H,1-2H3,(H,12,14). The second-order valence-corrected chi connectivity index (χ2v) is 3.45. The lowest BCUT2D eigenvalue weighted by molar-refractivity contribution is 0.0697. The molecule has 0 atom stereocenters. The molecule has 0 bridgehead atoms. The first-order valence-corrected chi connectivity index (χ1v) is 4.75. The Bertz CT molecular complexity index is 545. The number of carbonyl (C=O) groups is 1. The lowest BCUT2D eigenvalue weighted by atomic mass is 10.2. The molecule has 0 saturated carbocycles. The summed E-state index contributed by atoms with van der Waals surface area (Å²) in [7, 11) is 3.35. The maximum absolute atomic E-state index is 11.3. The fourth-order valence-electron chi connectivity index (χ4n) is 1.73. The number of hydrogen-bond acceptors (Lipinski definition) is 3. The minimum Gasteiger partial charge on any atom is -0.497 e. The number of carbonyl (C=O) groups excluding carboxylic acids is 1. The molecule has 0 saturated heterocycles. The molecule has 1 aromatic heterocycles. The minimum atomic E-state index is -0.530. The highest BCUT2D eigenvalue weighted by atomic mass is 16.5. The molecule has 0 aliphatic carbocycles. The van der Waals surface area contributed by atoms with Gasteiger partial charge >= 0.3 is 0 Å². The number of nitrogens with one attached hydrogen (secondary N) is 1. The number of hydroxylamine groups is 1. The summed E-state index contributed by atoms with van der Waals surface area (Å²) in [6, 6.07) is 7.22. The van der Waals surface area contributed by atoms with E-state index in [0.717, 1.165) is 16.7 Å². The number of hydrogen-bond donors (Lipinski definition) is 2. The van der Waals surface area contributed by atoms with Gasteiger partial charge in [-0.15, -0.1) is 0 Å². The molecule has 16 heavy (non-hydrogen) atoms. The molecule has 1 aromatic carbocycles. The van der Waals surface area contributed by atoms with Crippen molar-refractivity contribution >= 4 is 16.8 Å². The van der Waals surface area contributed by atoms with Gasteiger partial charge in [0.05, 0.1) is 7.11 Å². The minimum absolute atomic E-state index is 0.394. The first-order chi connectivity index (χ1) is 7.67. The molecule has 2 rings (SSSR count). The molecule has 5 nitrogen and oxygen atoms in total. The second kappa shape index (κ2) is 3.86. The van der Waals surface area contributed by atoms with Crippen LogP contribution in [0.15, 0.2) is 24.3 Å². The van der Waals surface area contributed by atoms with Gasteiger partial charge in [-0.3, -0.25) is 10.0 Å². The summed E-state index contributed by atoms with van der Waals surface area (Å²) < 4.78 is 6.81. The summed E-state index contributed by atoms with van der Waals surface area (Å²) >= 11 is 0. The molecule has 5 heteroatoms. The number of aromatic nitrogens is 1. The van der Waals surface area contributed by atoms with Gasteiger partial charge in [0.15, 0.2) is 0 Å². The van der Waals surface area contributed by atoms with E-state index >= 15 is 0 Å². The van der Waals surface area contributed by atoms with Gasteiger partial charge in [0.2, 0.25) is 0 Å². The van der Waals surface area contributed by atoms with E-state index in [1.807, 2.05) is 18.2 Å². The number of nitrogens with zero attached hydrogens (tertiary/aromatic N) is 1. The van der Waals surface area contributed by atoms with Crippen molar-refractivity contribution < 1.29 is 14.7 Å². The van der Waals surface area contributed by atoms with E-state index in [4.69, 9.17) is 9.94 Å². The van der Waals surface area contributed by atoms with Crippen LogP contribution in [0.3, 0.4) is 0 Å². The Kier molecular flexibility index (Phi) is 2.54. The second-order valence-electron chi connectivity index (χ2n) is 3.45. The summed E-state index contributed by atoms with van der Waals surface area (Å²) in [5.74, 6) is 0.201. The molecule has 0 unspecified atom stereocenters. The van der Waals surface area contributed by atoms with Crippen LogP contribution in [0, 0.1) is 0 Å². The highest BCUT2D eigenvalue weighted by molar-refractivity contribution is 5.98. The molecule has 2 aromatic rings. The van der Waals surface area contributed by atoms with Crippen LogP contribution in [-0.2, 0) is 7.05 Å². The van der Waals surface area contributed by atoms with Gasteiger partial charge in [-0.2, -0.15) is 0 Å². The van der Waals surface area contributed by atoms with E-state index in [-0.39, 0.29) is 0 Å². The maximum atomic E-state index is 11.3. The van der Waals surface area contributed by atoms with Crippen molar-refractivity contribution in [3.8, 4) is 5.75 Å². The molecule has 84 valence electrons. The zero-order valence-electron chi connectivity index (χ0n) is 9.02. The average molecular weight is 220 g/mol. The van der Waals surface area contributed by atoms with E-state index in [1.54, 1.807) is 30.3 Å². The van der Waals surface area contributed by atoms with Crippen molar-refractivity contribution in [2.24, 2.45) is 7.05 Å². The predicted molar refractivity (Wildman–Crippen MR) is 58.7 cm³/mol. The largest absolute Gasteiger partial charge is 0.497 e. The third kappa shape index (κ3) is 1.51. The first-order valence-electron chi connectivity index (χ1n) is 4.75. The van der Waals surface area contributed by atoms with Crippen molar-refractivity contribution in [1.29, 1.82) is 0 Å². The Morgan fingerprint density at radius 3 is 2.81 bits per heavy atom. The van der Waals surface area contributed by atoms with Crippen LogP contribution in [0.4, 0.5) is 0 Å². The van der Waals surface area contributed by atoms with Crippen molar-refractivity contribution in [3.05, 3.63) is 30.0 Å². The molecule has 0 radical (unpaired) electrons. The predicted octanol–water partition coefficient (Wildman–Crippen LogP) is 1.31. The fraction of sp³-hybridized carbons (Fsp3) is 0.182. The first kappa shape index (κ1) is 10.5. The molecular weight excluding hydrogens is 208 g/mol. The lowest BCUT2D eigenvalue weighted by Crippen LogP contribution is -2.21. The molecule has 1 amide bonds. The normalized spacial score (nSPS) is 10.4. The molecular formula is C11H12N2O3. The quantitative estimate of drug-likeness (QED) is 0.592. The van der Waals surface area contributed by atoms with E-state index in [9.17, 15) is 4.79 Å². The van der Waals surface area contributed by atoms with Crippen LogP contribution in [0.2, 0.25) is 0 Å². The molecule has 0 fully saturated rings. The van der Waals surface area contributed by atoms with Crippen molar-refractivity contribution in [1.82, 2.24) is 10.0 Å². The highest BCUT2D eigenvalue weighted by Crippen LogP contribution is 2.23. The smallest absolute Gasteiger partial charge is 0.291 e. The lowest BCUT2D eigenvalue weighted by Gasteiger charge is -2.02. The van der Waals surface area contributed by atoms with Gasteiger partial charge < -0.3 is 9.30 Å². The number of fused-ring (bicyclic) bond motifs is 1. The zero-order chi connectivity index (χ0) is 11.7. The summed E-state index contributed by atoms with van der Waals surface area (Å²) in [6.07, 6.45) is 0. The average Bonchev–Trinajstić information content (AvgIpc) is 2.65. The third-order valence-corrected chi connectivity index (χ3v) is 2.58. The molecule has 0 aliphatic rings. The van der Waals surface area contributed by atoms with Crippen LogP contribution in [0.5, 0.6) is 5.75 Å². The number of ether oxygens (including phenoxy) is 1. The molecule has 0 spiro atoms. The van der Waals surface area contributed by atoms with Crippen LogP contribution in [0.1, 0.15) is 10.5 Å². The Morgan fingerprint density at radius 2 is 2.19 bits per heavy atom. The maximum Gasteiger partial charge on any atom is 0.291 e. The summed E-state index contributed by atoms with van der Waals surface area (Å²) in [5, 5.41) is 9.49. The van der Waals surface area contributed by atoms with Gasteiger partial charge in [0.25, 0.3) is 5.91 Å². The van der Waals surface area contributed by atoms with Gasteiger partial charge in [-0.1, -0.05) is 0 Å². The number of methoxy groups -OCH3 is 1. The molecule has 1 heterocycles. The van der Waals surface area contributed by atoms with Crippen molar-refractivity contribution in [2.75, 3.05) is 7.11 Å². The monoisotopic (exact) mass is 220 g/mol. The van der Waals surface area contributed by atoms with Crippen molar-refractivity contribution in [2.45, 2.75) is 0 Å². The van der Waals surface area contributed by atoms with E-state index in [0.29, 0.717) is 5.69 Å². The van der Waals surface area contributed by atoms with Gasteiger partial charge in [-0.25, -0.2) is 5.48 Å². The van der Waals surface area contributed by atoms with E-state index in [1.165, 1.54) is 0 Å². The topological polar surface area (TPSA) is 63.5 Å². The third-order valence-electron chi connectivity index (χ3n) is 2.58. The van der Waals surface area contributed by atoms with Gasteiger partial charge in [-0.05, 0) is 24.3 Å². The van der Waals surface area contributed by atoms with E-state index in [2.05, 4.69) is 0 Å². The van der Waals surface area contributed by atoms with Crippen LogP contribution in [0.25, 0.3) is 10.9 Å². The zero-order valence-corrected chi connectivity index (χ0v) is 9.02. The van der Waals surface area contributed by atoms with Gasteiger partial charge in [0.1, 0.15) is 11.4 Å². The number of amides is 1. The summed E-state index contributed by atoms with van der Waals surface area (Å²) in [6.45, 7) is 0. The number of aryl methyl sites for hydroxylation is 1. The SMILES string of the molecule is COc1ccc2c(c1)cc(C(=O)NO)n2C. The number of rotatable bonds is 2. The van der Waals surface area contributed by atoms with Crippen molar-refractivity contribution in [3.63, 3.8) is 0 Å². The Balaban J connectivity index is 2.63. The Hall–Kier alpha value is -2.01. The highest BCUT2D eigenvalue weighted by Gasteiger charge is 2.12. The Morgan fingerprint density at radius 1 is 1.44 bits per heavy atom. The van der Waals surface area contributed by atoms with Crippen LogP contribution in [-0.4, -0.2) is 22.8 Å². The fourth-order valence-corrected chi connectivity index (χ4v) is 1.73. The molecule has 0 aliphatic heterocycles. The van der Waals surface area contributed by atoms with Gasteiger partial charge in [0, 0.05) is 18.0 Å². The summed E-state index contributed by atoms with van der Waals surface area (Å²) in [4.78, 5) is 11.3. The Labute approximate surface area is 92.2 Å².